The van der Waals surface area contributed by atoms with Gasteiger partial charge in [0.1, 0.15) is 0 Å². The summed E-state index contributed by atoms with van der Waals surface area (Å²) in [4.78, 5) is 10.4. The van der Waals surface area contributed by atoms with Crippen LogP contribution >= 0.6 is 0 Å². The number of aliphatic carboxylic acids is 1. The monoisotopic (exact) mass is 305 g/mol. The molecule has 2 rings (SSSR count). The highest BCUT2D eigenvalue weighted by atomic mass is 32.2. The van der Waals surface area contributed by atoms with Gasteiger partial charge in [-0.05, 0) is 31.0 Å². The summed E-state index contributed by atoms with van der Waals surface area (Å²) >= 11 is 0. The zero-order valence-corrected chi connectivity index (χ0v) is 11.2. The summed E-state index contributed by atoms with van der Waals surface area (Å²) in [7, 11) is -4.01. The highest BCUT2D eigenvalue weighted by Crippen LogP contribution is 2.28. The van der Waals surface area contributed by atoms with Crippen molar-refractivity contribution in [2.75, 3.05) is 6.54 Å². The smallest absolute Gasteiger partial charge is 0.304 e. The summed E-state index contributed by atoms with van der Waals surface area (Å²) in [6.07, 6.45) is 0.680. The number of benzene rings is 1. The van der Waals surface area contributed by atoms with Crippen LogP contribution in [0, 0.1) is 11.6 Å². The maximum absolute atomic E-state index is 13.2. The standard InChI is InChI=1S/C12H13F2NO4S/c13-10-4-3-9(7-11(10)14)20(18,19)15-5-1-2-8(15)6-12(16)17/h3-4,7-8H,1-2,5-6H2,(H,16,17). The fraction of sp³-hybridized carbons (Fsp3) is 0.417. The molecule has 0 aromatic heterocycles. The average molecular weight is 305 g/mol. The Morgan fingerprint density at radius 2 is 2.05 bits per heavy atom. The minimum Gasteiger partial charge on any atom is -0.481 e. The number of carbonyl (C=O) groups is 1. The van der Waals surface area contributed by atoms with Crippen molar-refractivity contribution in [1.82, 2.24) is 4.31 Å². The largest absolute Gasteiger partial charge is 0.481 e. The second-order valence-electron chi connectivity index (χ2n) is 4.59. The Hall–Kier alpha value is -1.54. The van der Waals surface area contributed by atoms with Crippen LogP contribution in [0.5, 0.6) is 0 Å². The van der Waals surface area contributed by atoms with Gasteiger partial charge >= 0.3 is 5.97 Å². The Bertz CT molecular complexity index is 632. The average Bonchev–Trinajstić information content (AvgIpc) is 2.80. The van der Waals surface area contributed by atoms with Crippen LogP contribution in [0.15, 0.2) is 23.1 Å². The van der Waals surface area contributed by atoms with Crippen LogP contribution in [0.4, 0.5) is 8.78 Å². The van der Waals surface area contributed by atoms with E-state index in [1.807, 2.05) is 0 Å². The van der Waals surface area contributed by atoms with E-state index in [4.69, 9.17) is 5.11 Å². The molecule has 0 spiro atoms. The van der Waals surface area contributed by atoms with Crippen molar-refractivity contribution in [1.29, 1.82) is 0 Å². The molecule has 8 heteroatoms. The fourth-order valence-electron chi connectivity index (χ4n) is 2.30. The lowest BCUT2D eigenvalue weighted by molar-refractivity contribution is -0.137. The molecule has 5 nitrogen and oxygen atoms in total. The van der Waals surface area contributed by atoms with Crippen LogP contribution in [0.25, 0.3) is 0 Å². The molecule has 0 amide bonds. The van der Waals surface area contributed by atoms with Gasteiger partial charge in [-0.1, -0.05) is 0 Å². The van der Waals surface area contributed by atoms with Crippen LogP contribution in [-0.2, 0) is 14.8 Å². The predicted molar refractivity (Wildman–Crippen MR) is 65.5 cm³/mol. The van der Waals surface area contributed by atoms with Gasteiger partial charge < -0.3 is 5.11 Å². The molecule has 1 aromatic carbocycles. The molecular weight excluding hydrogens is 292 g/mol. The minimum atomic E-state index is -4.01. The van der Waals surface area contributed by atoms with Crippen LogP contribution in [0.2, 0.25) is 0 Å². The van der Waals surface area contributed by atoms with E-state index in [0.29, 0.717) is 18.9 Å². The summed E-state index contributed by atoms with van der Waals surface area (Å²) in [6, 6.07) is 1.68. The van der Waals surface area contributed by atoms with Crippen LogP contribution in [0.1, 0.15) is 19.3 Å². The number of carboxylic acids is 1. The van der Waals surface area contributed by atoms with Crippen molar-refractivity contribution >= 4 is 16.0 Å². The maximum Gasteiger partial charge on any atom is 0.304 e. The summed E-state index contributed by atoms with van der Waals surface area (Å²) in [5.41, 5.74) is 0. The molecule has 1 aliphatic heterocycles. The minimum absolute atomic E-state index is 0.180. The molecule has 1 atom stereocenters. The number of halogens is 2. The van der Waals surface area contributed by atoms with Gasteiger partial charge in [0.05, 0.1) is 11.3 Å². The van der Waals surface area contributed by atoms with E-state index < -0.39 is 33.7 Å². The Morgan fingerprint density at radius 1 is 1.35 bits per heavy atom. The van der Waals surface area contributed by atoms with Crippen molar-refractivity contribution in [2.45, 2.75) is 30.2 Å². The van der Waals surface area contributed by atoms with E-state index in [1.165, 1.54) is 0 Å². The third-order valence-corrected chi connectivity index (χ3v) is 5.18. The SMILES string of the molecule is O=C(O)CC1CCCN1S(=O)(=O)c1ccc(F)c(F)c1. The number of hydrogen-bond donors (Lipinski definition) is 1. The van der Waals surface area contributed by atoms with E-state index in [1.54, 1.807) is 0 Å². The van der Waals surface area contributed by atoms with E-state index in [2.05, 4.69) is 0 Å². The molecule has 0 aliphatic carbocycles. The number of sulfonamides is 1. The highest BCUT2D eigenvalue weighted by Gasteiger charge is 2.36. The lowest BCUT2D eigenvalue weighted by Crippen LogP contribution is -2.36. The molecule has 0 saturated carbocycles. The summed E-state index contributed by atoms with van der Waals surface area (Å²) in [6.45, 7) is 0.180. The topological polar surface area (TPSA) is 74.7 Å². The molecule has 1 N–H and O–H groups in total. The molecule has 1 aromatic rings. The number of hydrogen-bond acceptors (Lipinski definition) is 3. The summed E-state index contributed by atoms with van der Waals surface area (Å²) < 4.78 is 51.7. The first kappa shape index (κ1) is 14.9. The normalized spacial score (nSPS) is 20.2. The lowest BCUT2D eigenvalue weighted by atomic mass is 10.2. The van der Waals surface area contributed by atoms with Gasteiger partial charge in [0.2, 0.25) is 10.0 Å². The Kier molecular flexibility index (Phi) is 4.05. The van der Waals surface area contributed by atoms with Crippen molar-refractivity contribution in [3.05, 3.63) is 29.8 Å². The van der Waals surface area contributed by atoms with Gasteiger partial charge in [-0.2, -0.15) is 4.31 Å². The van der Waals surface area contributed by atoms with Gasteiger partial charge in [-0.25, -0.2) is 17.2 Å². The zero-order valence-electron chi connectivity index (χ0n) is 10.4. The first-order chi connectivity index (χ1) is 9.32. The van der Waals surface area contributed by atoms with Crippen LogP contribution in [-0.4, -0.2) is 36.4 Å². The van der Waals surface area contributed by atoms with E-state index in [0.717, 1.165) is 16.4 Å². The molecule has 0 radical (unpaired) electrons. The van der Waals surface area contributed by atoms with Crippen molar-refractivity contribution in [3.8, 4) is 0 Å². The number of rotatable bonds is 4. The molecule has 1 fully saturated rings. The van der Waals surface area contributed by atoms with Gasteiger partial charge in [0.25, 0.3) is 0 Å². The highest BCUT2D eigenvalue weighted by molar-refractivity contribution is 7.89. The van der Waals surface area contributed by atoms with Gasteiger partial charge in [-0.15, -0.1) is 0 Å². The zero-order chi connectivity index (χ0) is 14.9. The molecule has 110 valence electrons. The molecule has 1 saturated heterocycles. The van der Waals surface area contributed by atoms with E-state index in [9.17, 15) is 22.0 Å². The molecule has 1 aliphatic rings. The van der Waals surface area contributed by atoms with Crippen LogP contribution in [0.3, 0.4) is 0 Å². The summed E-state index contributed by atoms with van der Waals surface area (Å²) in [5, 5.41) is 8.78. The van der Waals surface area contributed by atoms with Gasteiger partial charge in [-0.3, -0.25) is 4.79 Å². The molecule has 1 unspecified atom stereocenters. The summed E-state index contributed by atoms with van der Waals surface area (Å²) in [5.74, 6) is -3.48. The lowest BCUT2D eigenvalue weighted by Gasteiger charge is -2.22. The van der Waals surface area contributed by atoms with Crippen molar-refractivity contribution < 1.29 is 27.1 Å². The van der Waals surface area contributed by atoms with Crippen molar-refractivity contribution in [3.63, 3.8) is 0 Å². The molecule has 0 bridgehead atoms. The van der Waals surface area contributed by atoms with E-state index >= 15 is 0 Å². The Balaban J connectivity index is 2.33. The first-order valence-electron chi connectivity index (χ1n) is 6.01. The number of carboxylic acid groups (broad SMARTS) is 1. The Labute approximate surface area is 114 Å². The van der Waals surface area contributed by atoms with Gasteiger partial charge in [0.15, 0.2) is 11.6 Å². The molecule has 20 heavy (non-hydrogen) atoms. The second kappa shape index (κ2) is 5.45. The second-order valence-corrected chi connectivity index (χ2v) is 6.48. The molecule has 1 heterocycles. The third kappa shape index (κ3) is 2.80. The maximum atomic E-state index is 13.2. The third-order valence-electron chi connectivity index (χ3n) is 3.23. The van der Waals surface area contributed by atoms with Crippen LogP contribution < -0.4 is 0 Å². The quantitative estimate of drug-likeness (QED) is 0.916. The first-order valence-corrected chi connectivity index (χ1v) is 7.45. The van der Waals surface area contributed by atoms with E-state index in [-0.39, 0.29) is 17.9 Å². The Morgan fingerprint density at radius 3 is 2.65 bits per heavy atom. The number of nitrogens with zero attached hydrogens (tertiary/aromatic N) is 1. The fourth-order valence-corrected chi connectivity index (χ4v) is 4.01. The predicted octanol–water partition coefficient (Wildman–Crippen LogP) is 1.59. The van der Waals surface area contributed by atoms with Gasteiger partial charge in [0, 0.05) is 12.6 Å². The molecular formula is C12H13F2NO4S. The van der Waals surface area contributed by atoms with Crippen molar-refractivity contribution in [2.24, 2.45) is 0 Å².